The zero-order valence-corrected chi connectivity index (χ0v) is 12.3. The molecule has 0 heterocycles. The highest BCUT2D eigenvalue weighted by atomic mass is 32.2. The van der Waals surface area contributed by atoms with Crippen molar-refractivity contribution in [2.45, 2.75) is 24.8 Å². The Morgan fingerprint density at radius 1 is 1.10 bits per heavy atom. The van der Waals surface area contributed by atoms with Crippen LogP contribution in [0.5, 0.6) is 0 Å². The van der Waals surface area contributed by atoms with Crippen LogP contribution in [0.1, 0.15) is 24.1 Å². The number of hydrogen-bond donors (Lipinski definition) is 2. The summed E-state index contributed by atoms with van der Waals surface area (Å²) < 4.78 is 27.5. The van der Waals surface area contributed by atoms with Crippen molar-refractivity contribution in [3.63, 3.8) is 0 Å². The highest BCUT2D eigenvalue weighted by Gasteiger charge is 2.20. The number of nitrogens with two attached hydrogens (primary N) is 1. The third-order valence-corrected chi connectivity index (χ3v) is 4.82. The molecule has 1 atom stereocenters. The fraction of sp³-hybridized carbons (Fsp3) is 0.200. The van der Waals surface area contributed by atoms with E-state index in [0.29, 0.717) is 11.3 Å². The predicted octanol–water partition coefficient (Wildman–Crippen LogP) is 2.62. The lowest BCUT2D eigenvalue weighted by atomic mass is 10.1. The minimum Gasteiger partial charge on any atom is -0.399 e. The molecule has 3 N–H and O–H groups in total. The first-order valence-electron chi connectivity index (χ1n) is 6.33. The Bertz CT molecular complexity index is 697. The van der Waals surface area contributed by atoms with Crippen molar-refractivity contribution >= 4 is 15.7 Å². The maximum Gasteiger partial charge on any atom is 0.241 e. The third-order valence-electron chi connectivity index (χ3n) is 3.13. The van der Waals surface area contributed by atoms with Crippen LogP contribution < -0.4 is 10.5 Å². The Morgan fingerprint density at radius 2 is 1.75 bits per heavy atom. The van der Waals surface area contributed by atoms with E-state index in [9.17, 15) is 8.42 Å². The lowest BCUT2D eigenvalue weighted by Gasteiger charge is -2.16. The van der Waals surface area contributed by atoms with E-state index < -0.39 is 10.0 Å². The maximum absolute atomic E-state index is 12.4. The van der Waals surface area contributed by atoms with Gasteiger partial charge in [-0.25, -0.2) is 13.1 Å². The summed E-state index contributed by atoms with van der Waals surface area (Å²) >= 11 is 0. The normalized spacial score (nSPS) is 13.1. The summed E-state index contributed by atoms with van der Waals surface area (Å²) in [6, 6.07) is 14.0. The van der Waals surface area contributed by atoms with Gasteiger partial charge in [0.15, 0.2) is 0 Å². The Hall–Kier alpha value is -1.85. The highest BCUT2D eigenvalue weighted by Crippen LogP contribution is 2.21. The fourth-order valence-corrected chi connectivity index (χ4v) is 3.52. The third kappa shape index (κ3) is 3.18. The van der Waals surface area contributed by atoms with Crippen LogP contribution in [-0.2, 0) is 10.0 Å². The number of hydrogen-bond acceptors (Lipinski definition) is 3. The first kappa shape index (κ1) is 14.6. The second-order valence-electron chi connectivity index (χ2n) is 4.78. The number of rotatable bonds is 4. The molecule has 2 aromatic rings. The SMILES string of the molecule is Cc1ccc(N)cc1S(=O)(=O)N[C@@H](C)c1ccccc1. The summed E-state index contributed by atoms with van der Waals surface area (Å²) in [4.78, 5) is 0.222. The van der Waals surface area contributed by atoms with Crippen LogP contribution in [0.3, 0.4) is 0 Å². The van der Waals surface area contributed by atoms with Gasteiger partial charge in [-0.15, -0.1) is 0 Å². The van der Waals surface area contributed by atoms with E-state index in [-0.39, 0.29) is 10.9 Å². The molecule has 0 aliphatic heterocycles. The topological polar surface area (TPSA) is 72.2 Å². The number of nitrogens with one attached hydrogen (secondary N) is 1. The number of nitrogen functional groups attached to an aromatic ring is 1. The van der Waals surface area contributed by atoms with Gasteiger partial charge in [-0.2, -0.15) is 0 Å². The van der Waals surface area contributed by atoms with Crippen molar-refractivity contribution in [2.24, 2.45) is 0 Å². The van der Waals surface area contributed by atoms with Crippen molar-refractivity contribution in [3.05, 3.63) is 59.7 Å². The lowest BCUT2D eigenvalue weighted by Crippen LogP contribution is -2.27. The first-order valence-corrected chi connectivity index (χ1v) is 7.82. The van der Waals surface area contributed by atoms with E-state index >= 15 is 0 Å². The minimum atomic E-state index is -3.59. The number of aryl methyl sites for hydroxylation is 1. The minimum absolute atomic E-state index is 0.222. The molecule has 0 saturated heterocycles. The van der Waals surface area contributed by atoms with Gasteiger partial charge in [-0.1, -0.05) is 36.4 Å². The monoisotopic (exact) mass is 290 g/mol. The Morgan fingerprint density at radius 3 is 2.40 bits per heavy atom. The van der Waals surface area contributed by atoms with Gasteiger partial charge in [0.05, 0.1) is 4.90 Å². The summed E-state index contributed by atoms with van der Waals surface area (Å²) in [5, 5.41) is 0. The molecule has 0 aromatic heterocycles. The van der Waals surface area contributed by atoms with E-state index in [2.05, 4.69) is 4.72 Å². The molecule has 0 aliphatic rings. The molecule has 0 saturated carbocycles. The Kier molecular flexibility index (Phi) is 4.11. The van der Waals surface area contributed by atoms with E-state index in [1.165, 1.54) is 6.07 Å². The molecular weight excluding hydrogens is 272 g/mol. The van der Waals surface area contributed by atoms with Crippen LogP contribution in [0.4, 0.5) is 5.69 Å². The van der Waals surface area contributed by atoms with Gasteiger partial charge in [-0.05, 0) is 37.1 Å². The molecule has 2 rings (SSSR count). The van der Waals surface area contributed by atoms with Gasteiger partial charge < -0.3 is 5.73 Å². The molecular formula is C15H18N2O2S. The van der Waals surface area contributed by atoms with Gasteiger partial charge in [-0.3, -0.25) is 0 Å². The highest BCUT2D eigenvalue weighted by molar-refractivity contribution is 7.89. The van der Waals surface area contributed by atoms with E-state index in [0.717, 1.165) is 5.56 Å². The van der Waals surface area contributed by atoms with Crippen molar-refractivity contribution in [2.75, 3.05) is 5.73 Å². The van der Waals surface area contributed by atoms with Crippen LogP contribution in [0.25, 0.3) is 0 Å². The number of benzene rings is 2. The van der Waals surface area contributed by atoms with E-state index in [1.807, 2.05) is 37.3 Å². The van der Waals surface area contributed by atoms with Gasteiger partial charge >= 0.3 is 0 Å². The van der Waals surface area contributed by atoms with Gasteiger partial charge in [0.25, 0.3) is 0 Å². The van der Waals surface area contributed by atoms with Gasteiger partial charge in [0.2, 0.25) is 10.0 Å². The molecule has 0 radical (unpaired) electrons. The second-order valence-corrected chi connectivity index (χ2v) is 6.46. The van der Waals surface area contributed by atoms with E-state index in [1.54, 1.807) is 19.1 Å². The zero-order chi connectivity index (χ0) is 14.8. The van der Waals surface area contributed by atoms with Crippen LogP contribution in [0.15, 0.2) is 53.4 Å². The molecule has 0 spiro atoms. The quantitative estimate of drug-likeness (QED) is 0.850. The van der Waals surface area contributed by atoms with Crippen molar-refractivity contribution in [1.29, 1.82) is 0 Å². The molecule has 20 heavy (non-hydrogen) atoms. The van der Waals surface area contributed by atoms with Crippen LogP contribution in [0.2, 0.25) is 0 Å². The Labute approximate surface area is 119 Å². The summed E-state index contributed by atoms with van der Waals surface area (Å²) in [5.74, 6) is 0. The average molecular weight is 290 g/mol. The zero-order valence-electron chi connectivity index (χ0n) is 11.5. The number of anilines is 1. The summed E-state index contributed by atoms with van der Waals surface area (Å²) in [7, 11) is -3.59. The molecule has 0 bridgehead atoms. The smallest absolute Gasteiger partial charge is 0.241 e. The summed E-state index contributed by atoms with van der Waals surface area (Å²) in [5.41, 5.74) is 7.70. The fourth-order valence-electron chi connectivity index (χ4n) is 2.01. The predicted molar refractivity (Wildman–Crippen MR) is 80.8 cm³/mol. The molecule has 2 aromatic carbocycles. The standard InChI is InChI=1S/C15H18N2O2S/c1-11-8-9-14(16)10-15(11)20(18,19)17-12(2)13-6-4-3-5-7-13/h3-10,12,17H,16H2,1-2H3/t12-/m0/s1. The maximum atomic E-state index is 12.4. The average Bonchev–Trinajstić information content (AvgIpc) is 2.42. The molecule has 0 unspecified atom stereocenters. The second kappa shape index (κ2) is 5.64. The van der Waals surface area contributed by atoms with E-state index in [4.69, 9.17) is 5.73 Å². The number of sulfonamides is 1. The van der Waals surface area contributed by atoms with Crippen molar-refractivity contribution in [1.82, 2.24) is 4.72 Å². The van der Waals surface area contributed by atoms with Crippen molar-refractivity contribution in [3.8, 4) is 0 Å². The lowest BCUT2D eigenvalue weighted by molar-refractivity contribution is 0.566. The van der Waals surface area contributed by atoms with Crippen molar-refractivity contribution < 1.29 is 8.42 Å². The largest absolute Gasteiger partial charge is 0.399 e. The molecule has 106 valence electrons. The molecule has 4 nitrogen and oxygen atoms in total. The molecule has 0 amide bonds. The Balaban J connectivity index is 2.30. The van der Waals surface area contributed by atoms with Gasteiger partial charge in [0.1, 0.15) is 0 Å². The van der Waals surface area contributed by atoms with Crippen LogP contribution in [0, 0.1) is 6.92 Å². The molecule has 5 heteroatoms. The first-order chi connectivity index (χ1) is 9.40. The van der Waals surface area contributed by atoms with Gasteiger partial charge in [0, 0.05) is 11.7 Å². The summed E-state index contributed by atoms with van der Waals surface area (Å²) in [6.45, 7) is 3.57. The van der Waals surface area contributed by atoms with Crippen LogP contribution in [-0.4, -0.2) is 8.42 Å². The molecule has 0 aliphatic carbocycles. The molecule has 0 fully saturated rings. The van der Waals surface area contributed by atoms with Crippen LogP contribution >= 0.6 is 0 Å². The summed E-state index contributed by atoms with van der Waals surface area (Å²) in [6.07, 6.45) is 0.